The van der Waals surface area contributed by atoms with E-state index in [-0.39, 0.29) is 0 Å². The summed E-state index contributed by atoms with van der Waals surface area (Å²) in [6.45, 7) is 6.57. The van der Waals surface area contributed by atoms with Crippen molar-refractivity contribution in [1.29, 1.82) is 0 Å². The van der Waals surface area contributed by atoms with Crippen LogP contribution in [0.3, 0.4) is 0 Å². The van der Waals surface area contributed by atoms with Crippen LogP contribution in [0.1, 0.15) is 52.4 Å². The average molecular weight is 199 g/mol. The number of ether oxygens (including phenoxy) is 1. The normalized spacial score (nSPS) is 19.3. The Hall–Kier alpha value is -0.0800. The van der Waals surface area contributed by atoms with E-state index in [2.05, 4.69) is 19.2 Å². The first kappa shape index (κ1) is 12.0. The largest absolute Gasteiger partial charge is 0.374 e. The molecule has 1 atom stereocenters. The standard InChI is InChI=1S/C12H25NO/c1-3-4-5-9-13-10-11(2)14-12-7-6-8-12/h11-13H,3-10H2,1-2H3. The van der Waals surface area contributed by atoms with Gasteiger partial charge in [-0.3, -0.25) is 0 Å². The molecule has 2 heteroatoms. The number of hydrogen-bond acceptors (Lipinski definition) is 2. The quantitative estimate of drug-likeness (QED) is 0.607. The SMILES string of the molecule is CCCCCNCC(C)OC1CCC1. The molecule has 1 unspecified atom stereocenters. The summed E-state index contributed by atoms with van der Waals surface area (Å²) in [4.78, 5) is 0. The zero-order chi connectivity index (χ0) is 10.2. The van der Waals surface area contributed by atoms with Gasteiger partial charge in [-0.15, -0.1) is 0 Å². The van der Waals surface area contributed by atoms with Crippen molar-refractivity contribution in [2.24, 2.45) is 0 Å². The van der Waals surface area contributed by atoms with Crippen molar-refractivity contribution >= 4 is 0 Å². The third-order valence-electron chi connectivity index (χ3n) is 2.87. The molecule has 0 aromatic carbocycles. The first-order valence-corrected chi connectivity index (χ1v) is 6.19. The second-order valence-electron chi connectivity index (χ2n) is 4.41. The smallest absolute Gasteiger partial charge is 0.0675 e. The Bertz CT molecular complexity index is 134. The van der Waals surface area contributed by atoms with Crippen LogP contribution in [0.4, 0.5) is 0 Å². The van der Waals surface area contributed by atoms with E-state index in [0.717, 1.165) is 13.1 Å². The van der Waals surface area contributed by atoms with E-state index in [9.17, 15) is 0 Å². The van der Waals surface area contributed by atoms with Gasteiger partial charge in [-0.05, 0) is 39.2 Å². The molecule has 0 aliphatic heterocycles. The molecule has 2 nitrogen and oxygen atoms in total. The minimum absolute atomic E-state index is 0.391. The van der Waals surface area contributed by atoms with Crippen LogP contribution in [0.5, 0.6) is 0 Å². The summed E-state index contributed by atoms with van der Waals surface area (Å²) < 4.78 is 5.83. The van der Waals surface area contributed by atoms with E-state index in [1.807, 2.05) is 0 Å². The van der Waals surface area contributed by atoms with Gasteiger partial charge in [-0.1, -0.05) is 19.8 Å². The lowest BCUT2D eigenvalue weighted by Gasteiger charge is -2.29. The molecule has 0 aromatic rings. The highest BCUT2D eigenvalue weighted by atomic mass is 16.5. The maximum atomic E-state index is 5.83. The molecule has 1 N–H and O–H groups in total. The van der Waals surface area contributed by atoms with Gasteiger partial charge in [0.05, 0.1) is 12.2 Å². The molecule has 0 spiro atoms. The Labute approximate surface area is 88.4 Å². The fraction of sp³-hybridized carbons (Fsp3) is 1.00. The third kappa shape index (κ3) is 4.97. The highest BCUT2D eigenvalue weighted by Crippen LogP contribution is 2.22. The Kier molecular flexibility index (Phi) is 6.20. The first-order valence-electron chi connectivity index (χ1n) is 6.19. The lowest BCUT2D eigenvalue weighted by Crippen LogP contribution is -2.33. The summed E-state index contributed by atoms with van der Waals surface area (Å²) in [6.07, 6.45) is 8.82. The van der Waals surface area contributed by atoms with Crippen LogP contribution < -0.4 is 5.32 Å². The average Bonchev–Trinajstić information content (AvgIpc) is 2.11. The molecule has 0 heterocycles. The molecule has 0 radical (unpaired) electrons. The Balaban J connectivity index is 1.84. The topological polar surface area (TPSA) is 21.3 Å². The highest BCUT2D eigenvalue weighted by Gasteiger charge is 2.19. The van der Waals surface area contributed by atoms with Crippen molar-refractivity contribution in [3.05, 3.63) is 0 Å². The summed E-state index contributed by atoms with van der Waals surface area (Å²) in [5, 5.41) is 3.45. The molecule has 1 fully saturated rings. The second-order valence-corrected chi connectivity index (χ2v) is 4.41. The Morgan fingerprint density at radius 2 is 2.14 bits per heavy atom. The van der Waals surface area contributed by atoms with Gasteiger partial charge in [-0.25, -0.2) is 0 Å². The molecular weight excluding hydrogens is 174 g/mol. The molecule has 1 aliphatic carbocycles. The van der Waals surface area contributed by atoms with Crippen LogP contribution in [-0.2, 0) is 4.74 Å². The summed E-state index contributed by atoms with van der Waals surface area (Å²) in [5.74, 6) is 0. The van der Waals surface area contributed by atoms with Gasteiger partial charge in [-0.2, -0.15) is 0 Å². The third-order valence-corrected chi connectivity index (χ3v) is 2.87. The fourth-order valence-corrected chi connectivity index (χ4v) is 1.69. The van der Waals surface area contributed by atoms with Crippen LogP contribution in [0.25, 0.3) is 0 Å². The van der Waals surface area contributed by atoms with Gasteiger partial charge in [0.25, 0.3) is 0 Å². The van der Waals surface area contributed by atoms with E-state index in [0.29, 0.717) is 12.2 Å². The maximum absolute atomic E-state index is 5.83. The van der Waals surface area contributed by atoms with Gasteiger partial charge < -0.3 is 10.1 Å². The highest BCUT2D eigenvalue weighted by molar-refractivity contribution is 4.71. The van der Waals surface area contributed by atoms with Gasteiger partial charge in [0.15, 0.2) is 0 Å². The number of unbranched alkanes of at least 4 members (excludes halogenated alkanes) is 2. The summed E-state index contributed by atoms with van der Waals surface area (Å²) in [5.41, 5.74) is 0. The lowest BCUT2D eigenvalue weighted by atomic mass is 9.96. The van der Waals surface area contributed by atoms with Gasteiger partial charge in [0.2, 0.25) is 0 Å². The van der Waals surface area contributed by atoms with Crippen molar-refractivity contribution in [2.75, 3.05) is 13.1 Å². The molecule has 1 rings (SSSR count). The summed E-state index contributed by atoms with van der Waals surface area (Å²) in [6, 6.07) is 0. The van der Waals surface area contributed by atoms with E-state index >= 15 is 0 Å². The molecule has 14 heavy (non-hydrogen) atoms. The van der Waals surface area contributed by atoms with Crippen LogP contribution in [0.15, 0.2) is 0 Å². The van der Waals surface area contributed by atoms with Gasteiger partial charge in [0.1, 0.15) is 0 Å². The lowest BCUT2D eigenvalue weighted by molar-refractivity contribution is -0.0417. The van der Waals surface area contributed by atoms with Crippen molar-refractivity contribution in [3.63, 3.8) is 0 Å². The number of nitrogens with one attached hydrogen (secondary N) is 1. The van der Waals surface area contributed by atoms with E-state index in [4.69, 9.17) is 4.74 Å². The second kappa shape index (κ2) is 7.24. The van der Waals surface area contributed by atoms with E-state index in [1.165, 1.54) is 38.5 Å². The molecule has 0 aromatic heterocycles. The fourth-order valence-electron chi connectivity index (χ4n) is 1.69. The summed E-state index contributed by atoms with van der Waals surface area (Å²) in [7, 11) is 0. The van der Waals surface area contributed by atoms with E-state index in [1.54, 1.807) is 0 Å². The first-order chi connectivity index (χ1) is 6.83. The zero-order valence-electron chi connectivity index (χ0n) is 9.72. The van der Waals surface area contributed by atoms with Crippen LogP contribution >= 0.6 is 0 Å². The zero-order valence-corrected chi connectivity index (χ0v) is 9.72. The van der Waals surface area contributed by atoms with Crippen LogP contribution in [-0.4, -0.2) is 25.3 Å². The van der Waals surface area contributed by atoms with Gasteiger partial charge >= 0.3 is 0 Å². The molecule has 0 bridgehead atoms. The molecule has 1 saturated carbocycles. The molecule has 84 valence electrons. The summed E-state index contributed by atoms with van der Waals surface area (Å²) >= 11 is 0. The number of hydrogen-bond donors (Lipinski definition) is 1. The van der Waals surface area contributed by atoms with Crippen molar-refractivity contribution in [2.45, 2.75) is 64.6 Å². The number of rotatable bonds is 8. The Morgan fingerprint density at radius 1 is 1.36 bits per heavy atom. The van der Waals surface area contributed by atoms with Gasteiger partial charge in [0, 0.05) is 6.54 Å². The Morgan fingerprint density at radius 3 is 2.71 bits per heavy atom. The van der Waals surface area contributed by atoms with Crippen LogP contribution in [0, 0.1) is 0 Å². The minimum Gasteiger partial charge on any atom is -0.374 e. The molecular formula is C12H25NO. The van der Waals surface area contributed by atoms with Crippen molar-refractivity contribution in [1.82, 2.24) is 5.32 Å². The monoisotopic (exact) mass is 199 g/mol. The predicted molar refractivity (Wildman–Crippen MR) is 60.6 cm³/mol. The molecule has 1 aliphatic rings. The molecule has 0 saturated heterocycles. The van der Waals surface area contributed by atoms with E-state index < -0.39 is 0 Å². The van der Waals surface area contributed by atoms with Crippen LogP contribution in [0.2, 0.25) is 0 Å². The maximum Gasteiger partial charge on any atom is 0.0675 e. The molecule has 0 amide bonds. The predicted octanol–water partition coefficient (Wildman–Crippen LogP) is 2.72. The van der Waals surface area contributed by atoms with Crippen molar-refractivity contribution in [3.8, 4) is 0 Å². The van der Waals surface area contributed by atoms with Crippen molar-refractivity contribution < 1.29 is 4.74 Å². The minimum atomic E-state index is 0.391.